The van der Waals surface area contributed by atoms with Crippen molar-refractivity contribution >= 4 is 11.6 Å². The molecule has 5 nitrogen and oxygen atoms in total. The quantitative estimate of drug-likeness (QED) is 0.443. The van der Waals surface area contributed by atoms with Crippen molar-refractivity contribution in [2.45, 2.75) is 19.9 Å². The standard InChI is InChI=1S/C12H13NO4/c1-8(14)11(9(2)15)12(13(16)17)10-6-4-3-5-7-10/h3-7,11-12H,1-2H3/t12-/m1/s1. The third-order valence-electron chi connectivity index (χ3n) is 2.56. The zero-order valence-corrected chi connectivity index (χ0v) is 9.62. The molecule has 1 aromatic carbocycles. The van der Waals surface area contributed by atoms with E-state index in [-0.39, 0.29) is 0 Å². The topological polar surface area (TPSA) is 77.3 Å². The largest absolute Gasteiger partial charge is 0.299 e. The molecule has 5 heteroatoms. The average Bonchev–Trinajstić information content (AvgIpc) is 2.25. The molecule has 0 heterocycles. The minimum absolute atomic E-state index is 0.368. The Kier molecular flexibility index (Phi) is 4.09. The van der Waals surface area contributed by atoms with E-state index >= 15 is 0 Å². The third kappa shape index (κ3) is 2.96. The van der Waals surface area contributed by atoms with Gasteiger partial charge in [0.25, 0.3) is 6.04 Å². The smallest absolute Gasteiger partial charge is 0.254 e. The Hall–Kier alpha value is -2.04. The van der Waals surface area contributed by atoms with Crippen molar-refractivity contribution in [1.29, 1.82) is 0 Å². The van der Waals surface area contributed by atoms with Gasteiger partial charge in [-0.2, -0.15) is 0 Å². The summed E-state index contributed by atoms with van der Waals surface area (Å²) in [5.41, 5.74) is 0.368. The van der Waals surface area contributed by atoms with Crippen LogP contribution in [0.2, 0.25) is 0 Å². The van der Waals surface area contributed by atoms with Gasteiger partial charge in [-0.25, -0.2) is 0 Å². The number of nitrogens with zero attached hydrogens (tertiary/aromatic N) is 1. The second-order valence-corrected chi connectivity index (χ2v) is 3.84. The number of hydrogen-bond donors (Lipinski definition) is 0. The predicted molar refractivity (Wildman–Crippen MR) is 61.0 cm³/mol. The lowest BCUT2D eigenvalue weighted by Crippen LogP contribution is -2.31. The van der Waals surface area contributed by atoms with Gasteiger partial charge < -0.3 is 0 Å². The van der Waals surface area contributed by atoms with Crippen molar-refractivity contribution < 1.29 is 14.5 Å². The molecule has 0 fully saturated rings. The lowest BCUT2D eigenvalue weighted by molar-refractivity contribution is -0.533. The molecule has 0 aromatic heterocycles. The highest BCUT2D eigenvalue weighted by Crippen LogP contribution is 2.26. The van der Waals surface area contributed by atoms with Gasteiger partial charge in [-0.3, -0.25) is 19.7 Å². The highest BCUT2D eigenvalue weighted by Gasteiger charge is 2.39. The van der Waals surface area contributed by atoms with Crippen molar-refractivity contribution in [3.8, 4) is 0 Å². The van der Waals surface area contributed by atoms with Crippen molar-refractivity contribution in [2.75, 3.05) is 0 Å². The van der Waals surface area contributed by atoms with Gasteiger partial charge in [-0.05, 0) is 13.8 Å². The average molecular weight is 235 g/mol. The summed E-state index contributed by atoms with van der Waals surface area (Å²) < 4.78 is 0. The highest BCUT2D eigenvalue weighted by atomic mass is 16.6. The number of carbonyl (C=O) groups is 2. The van der Waals surface area contributed by atoms with Gasteiger partial charge >= 0.3 is 0 Å². The van der Waals surface area contributed by atoms with E-state index in [9.17, 15) is 19.7 Å². The lowest BCUT2D eigenvalue weighted by atomic mass is 9.88. The molecule has 0 saturated heterocycles. The Morgan fingerprint density at radius 2 is 1.59 bits per heavy atom. The lowest BCUT2D eigenvalue weighted by Gasteiger charge is -2.16. The summed E-state index contributed by atoms with van der Waals surface area (Å²) in [5.74, 6) is -2.18. The van der Waals surface area contributed by atoms with Gasteiger partial charge in [-0.1, -0.05) is 30.3 Å². The highest BCUT2D eigenvalue weighted by molar-refractivity contribution is 6.00. The van der Waals surface area contributed by atoms with Crippen LogP contribution in [-0.4, -0.2) is 16.5 Å². The SMILES string of the molecule is CC(=O)C(C(C)=O)[C@@H](c1ccccc1)[N+](=O)[O-]. The van der Waals surface area contributed by atoms with Gasteiger partial charge in [0.2, 0.25) is 0 Å². The number of Topliss-reactive ketones (excluding diaryl/α,β-unsaturated/α-hetero) is 2. The second-order valence-electron chi connectivity index (χ2n) is 3.84. The van der Waals surface area contributed by atoms with Crippen LogP contribution in [0.15, 0.2) is 30.3 Å². The molecule has 0 bridgehead atoms. The molecule has 0 spiro atoms. The molecule has 1 rings (SSSR count). The monoisotopic (exact) mass is 235 g/mol. The number of carbonyl (C=O) groups excluding carboxylic acids is 2. The molecule has 0 radical (unpaired) electrons. The molecule has 0 unspecified atom stereocenters. The van der Waals surface area contributed by atoms with E-state index in [2.05, 4.69) is 0 Å². The fourth-order valence-electron chi connectivity index (χ4n) is 1.82. The van der Waals surface area contributed by atoms with Crippen LogP contribution >= 0.6 is 0 Å². The molecule has 0 N–H and O–H groups in total. The van der Waals surface area contributed by atoms with Crippen LogP contribution in [-0.2, 0) is 9.59 Å². The van der Waals surface area contributed by atoms with Crippen LogP contribution in [0.25, 0.3) is 0 Å². The molecular formula is C12H13NO4. The first kappa shape index (κ1) is 13.0. The minimum Gasteiger partial charge on any atom is -0.299 e. The molecule has 90 valence electrons. The summed E-state index contributed by atoms with van der Waals surface area (Å²) in [6, 6.07) is 6.80. The minimum atomic E-state index is -1.30. The van der Waals surface area contributed by atoms with E-state index in [1.165, 1.54) is 13.8 Å². The van der Waals surface area contributed by atoms with E-state index in [1.807, 2.05) is 0 Å². The summed E-state index contributed by atoms with van der Waals surface area (Å²) in [6.07, 6.45) is 0. The Labute approximate surface area is 98.6 Å². The molecule has 0 aliphatic carbocycles. The van der Waals surface area contributed by atoms with Crippen molar-refractivity contribution in [2.24, 2.45) is 5.92 Å². The van der Waals surface area contributed by atoms with Crippen LogP contribution in [0, 0.1) is 16.0 Å². The van der Waals surface area contributed by atoms with Gasteiger partial charge in [0.1, 0.15) is 17.5 Å². The Balaban J connectivity index is 3.22. The number of nitro groups is 1. The van der Waals surface area contributed by atoms with E-state index < -0.39 is 28.4 Å². The van der Waals surface area contributed by atoms with Crippen LogP contribution in [0.1, 0.15) is 25.5 Å². The molecule has 1 atom stereocenters. The molecule has 1 aromatic rings. The first-order chi connectivity index (χ1) is 7.95. The van der Waals surface area contributed by atoms with Crippen LogP contribution in [0.5, 0.6) is 0 Å². The summed E-state index contributed by atoms with van der Waals surface area (Å²) >= 11 is 0. The molecule has 0 aliphatic rings. The summed E-state index contributed by atoms with van der Waals surface area (Å²) in [7, 11) is 0. The number of hydrogen-bond acceptors (Lipinski definition) is 4. The predicted octanol–water partition coefficient (Wildman–Crippen LogP) is 1.80. The van der Waals surface area contributed by atoms with Gasteiger partial charge in [0, 0.05) is 10.5 Å². The molecule has 0 aliphatic heterocycles. The van der Waals surface area contributed by atoms with E-state index in [0.29, 0.717) is 5.56 Å². The molecule has 17 heavy (non-hydrogen) atoms. The molecule has 0 saturated carbocycles. The summed E-state index contributed by atoms with van der Waals surface area (Å²) in [5, 5.41) is 11.1. The number of ketones is 2. The van der Waals surface area contributed by atoms with Gasteiger partial charge in [0.15, 0.2) is 0 Å². The molecule has 0 amide bonds. The van der Waals surface area contributed by atoms with E-state index in [4.69, 9.17) is 0 Å². The maximum atomic E-state index is 11.4. The number of rotatable bonds is 5. The fraction of sp³-hybridized carbons (Fsp3) is 0.333. The van der Waals surface area contributed by atoms with Crippen molar-refractivity contribution in [3.05, 3.63) is 46.0 Å². The van der Waals surface area contributed by atoms with Crippen LogP contribution in [0.4, 0.5) is 0 Å². The van der Waals surface area contributed by atoms with Gasteiger partial charge in [0.05, 0.1) is 0 Å². The summed E-state index contributed by atoms with van der Waals surface area (Å²) in [6.45, 7) is 2.40. The van der Waals surface area contributed by atoms with Gasteiger partial charge in [-0.15, -0.1) is 0 Å². The third-order valence-corrected chi connectivity index (χ3v) is 2.56. The maximum absolute atomic E-state index is 11.4. The first-order valence-corrected chi connectivity index (χ1v) is 5.14. The fourth-order valence-corrected chi connectivity index (χ4v) is 1.82. The Morgan fingerprint density at radius 1 is 1.12 bits per heavy atom. The zero-order chi connectivity index (χ0) is 13.0. The maximum Gasteiger partial charge on any atom is 0.254 e. The van der Waals surface area contributed by atoms with Crippen molar-refractivity contribution in [3.63, 3.8) is 0 Å². The molecular weight excluding hydrogens is 222 g/mol. The van der Waals surface area contributed by atoms with Crippen molar-refractivity contribution in [1.82, 2.24) is 0 Å². The summed E-state index contributed by atoms with van der Waals surface area (Å²) in [4.78, 5) is 33.2. The van der Waals surface area contributed by atoms with E-state index in [0.717, 1.165) is 0 Å². The van der Waals surface area contributed by atoms with E-state index in [1.54, 1.807) is 30.3 Å². The Bertz CT molecular complexity index is 427. The van der Waals surface area contributed by atoms with Crippen LogP contribution in [0.3, 0.4) is 0 Å². The van der Waals surface area contributed by atoms with Crippen LogP contribution < -0.4 is 0 Å². The Morgan fingerprint density at radius 3 is 1.94 bits per heavy atom. The normalized spacial score (nSPS) is 12.2. The first-order valence-electron chi connectivity index (χ1n) is 5.14. The zero-order valence-electron chi connectivity index (χ0n) is 9.62. The second kappa shape index (κ2) is 5.34. The number of benzene rings is 1.